The van der Waals surface area contributed by atoms with E-state index in [4.69, 9.17) is 16.6 Å². The van der Waals surface area contributed by atoms with E-state index < -0.39 is 6.04 Å². The van der Waals surface area contributed by atoms with Crippen molar-refractivity contribution in [1.29, 1.82) is 0 Å². The molecule has 2 N–H and O–H groups in total. The number of halogens is 1. The van der Waals surface area contributed by atoms with Crippen molar-refractivity contribution in [3.63, 3.8) is 0 Å². The van der Waals surface area contributed by atoms with Gasteiger partial charge in [0.15, 0.2) is 0 Å². The normalized spacial score (nSPS) is 17.8. The SMILES string of the molecule is Cn1c(=O)[nH]c2cc(C3=NC(Cc4ccc(C5CC5)cc4)C(=O)Nc4ccc(Cl)cc43)ccc21. The zero-order valence-corrected chi connectivity index (χ0v) is 19.4. The summed E-state index contributed by atoms with van der Waals surface area (Å²) < 4.78 is 1.57. The van der Waals surface area contributed by atoms with Crippen LogP contribution in [0.4, 0.5) is 5.69 Å². The third-order valence-electron chi connectivity index (χ3n) is 6.72. The van der Waals surface area contributed by atoms with Crippen molar-refractivity contribution < 1.29 is 4.79 Å². The molecule has 1 aliphatic heterocycles. The Balaban J connectivity index is 1.44. The second-order valence-corrected chi connectivity index (χ2v) is 9.55. The highest BCUT2D eigenvalue weighted by molar-refractivity contribution is 6.32. The van der Waals surface area contributed by atoms with Crippen molar-refractivity contribution in [2.24, 2.45) is 12.0 Å². The van der Waals surface area contributed by atoms with Gasteiger partial charge in [-0.1, -0.05) is 41.9 Å². The van der Waals surface area contributed by atoms with Gasteiger partial charge in [0.2, 0.25) is 5.91 Å². The molecule has 0 spiro atoms. The molecule has 2 heterocycles. The molecule has 1 aromatic heterocycles. The highest BCUT2D eigenvalue weighted by atomic mass is 35.5. The van der Waals surface area contributed by atoms with Gasteiger partial charge in [0, 0.05) is 29.6 Å². The largest absolute Gasteiger partial charge is 0.326 e. The van der Waals surface area contributed by atoms with Crippen molar-refractivity contribution in [1.82, 2.24) is 9.55 Å². The Morgan fingerprint density at radius 2 is 1.82 bits per heavy atom. The van der Waals surface area contributed by atoms with Gasteiger partial charge in [0.1, 0.15) is 6.04 Å². The molecular formula is C27H23ClN4O2. The Kier molecular flexibility index (Phi) is 4.92. The van der Waals surface area contributed by atoms with Crippen LogP contribution in [0.25, 0.3) is 11.0 Å². The van der Waals surface area contributed by atoms with E-state index in [1.54, 1.807) is 23.7 Å². The fourth-order valence-electron chi connectivity index (χ4n) is 4.64. The number of aryl methyl sites for hydroxylation is 1. The lowest BCUT2D eigenvalue weighted by molar-refractivity contribution is -0.117. The number of aromatic nitrogens is 2. The number of H-pyrrole nitrogens is 1. The third kappa shape index (κ3) is 3.74. The van der Waals surface area contributed by atoms with Gasteiger partial charge in [-0.15, -0.1) is 0 Å². The van der Waals surface area contributed by atoms with Crippen molar-refractivity contribution >= 4 is 39.9 Å². The molecule has 4 aromatic rings. The standard InChI is InChI=1S/C27H23ClN4O2/c1-32-24-11-8-18(13-22(24)31-27(32)34)25-20-14-19(28)9-10-21(20)30-26(33)23(29-25)12-15-2-4-16(5-3-15)17-6-7-17/h2-5,8-11,13-14,17,23H,6-7,12H2,1H3,(H,30,33)(H,31,34). The Hall–Kier alpha value is -3.64. The molecule has 6 rings (SSSR count). The molecule has 0 bridgehead atoms. The Morgan fingerprint density at radius 1 is 1.03 bits per heavy atom. The number of nitrogens with one attached hydrogen (secondary N) is 2. The van der Waals surface area contributed by atoms with Crippen LogP contribution in [0.5, 0.6) is 0 Å². The first-order valence-electron chi connectivity index (χ1n) is 11.4. The van der Waals surface area contributed by atoms with Gasteiger partial charge in [0.25, 0.3) is 0 Å². The van der Waals surface area contributed by atoms with E-state index in [1.165, 1.54) is 18.4 Å². The Morgan fingerprint density at radius 3 is 2.59 bits per heavy atom. The lowest BCUT2D eigenvalue weighted by Gasteiger charge is -2.12. The molecular weight excluding hydrogens is 448 g/mol. The molecule has 1 saturated carbocycles. The number of hydrogen-bond acceptors (Lipinski definition) is 3. The van der Waals surface area contributed by atoms with Gasteiger partial charge in [-0.25, -0.2) is 4.79 Å². The lowest BCUT2D eigenvalue weighted by Crippen LogP contribution is -2.27. The maximum atomic E-state index is 13.2. The van der Waals surface area contributed by atoms with Crippen molar-refractivity contribution in [2.75, 3.05) is 5.32 Å². The van der Waals surface area contributed by atoms with Crippen LogP contribution in [0.3, 0.4) is 0 Å². The molecule has 3 aromatic carbocycles. The fraction of sp³-hybridized carbons (Fsp3) is 0.222. The summed E-state index contributed by atoms with van der Waals surface area (Å²) in [7, 11) is 1.73. The summed E-state index contributed by atoms with van der Waals surface area (Å²) in [6, 6.07) is 19.0. The number of anilines is 1. The predicted octanol–water partition coefficient (Wildman–Crippen LogP) is 4.80. The molecule has 170 valence electrons. The number of nitrogens with zero attached hydrogens (tertiary/aromatic N) is 2. The monoisotopic (exact) mass is 470 g/mol. The summed E-state index contributed by atoms with van der Waals surface area (Å²) in [6.45, 7) is 0. The predicted molar refractivity (Wildman–Crippen MR) is 135 cm³/mol. The topological polar surface area (TPSA) is 79.2 Å². The first-order valence-corrected chi connectivity index (χ1v) is 11.8. The van der Waals surface area contributed by atoms with E-state index in [9.17, 15) is 9.59 Å². The van der Waals surface area contributed by atoms with Crippen LogP contribution in [0, 0.1) is 0 Å². The van der Waals surface area contributed by atoms with Gasteiger partial charge in [0.05, 0.1) is 22.4 Å². The summed E-state index contributed by atoms with van der Waals surface area (Å²) in [5, 5.41) is 3.59. The molecule has 7 heteroatoms. The van der Waals surface area contributed by atoms with Crippen LogP contribution in [-0.2, 0) is 18.3 Å². The second-order valence-electron chi connectivity index (χ2n) is 9.11. The third-order valence-corrected chi connectivity index (χ3v) is 6.95. The lowest BCUT2D eigenvalue weighted by atomic mass is 9.99. The number of hydrogen-bond donors (Lipinski definition) is 2. The number of carbonyl (C=O) groups is 1. The summed E-state index contributed by atoms with van der Waals surface area (Å²) >= 11 is 6.33. The molecule has 1 unspecified atom stereocenters. The highest BCUT2D eigenvalue weighted by Gasteiger charge is 2.27. The van der Waals surface area contributed by atoms with Gasteiger partial charge in [-0.2, -0.15) is 0 Å². The van der Waals surface area contributed by atoms with Crippen LogP contribution in [0.15, 0.2) is 70.5 Å². The Labute approximate surface area is 201 Å². The van der Waals surface area contributed by atoms with Gasteiger partial charge < -0.3 is 10.3 Å². The molecule has 1 amide bonds. The van der Waals surface area contributed by atoms with E-state index >= 15 is 0 Å². The number of rotatable bonds is 4. The number of benzene rings is 3. The number of fused-ring (bicyclic) bond motifs is 2. The van der Waals surface area contributed by atoms with Crippen molar-refractivity contribution in [2.45, 2.75) is 31.2 Å². The second kappa shape index (κ2) is 7.99. The molecule has 0 radical (unpaired) electrons. The van der Waals surface area contributed by atoms with Gasteiger partial charge >= 0.3 is 5.69 Å². The van der Waals surface area contributed by atoms with Crippen LogP contribution in [-0.4, -0.2) is 27.2 Å². The maximum Gasteiger partial charge on any atom is 0.326 e. The van der Waals surface area contributed by atoms with Crippen LogP contribution in [0.1, 0.15) is 41.0 Å². The van der Waals surface area contributed by atoms with Crippen LogP contribution < -0.4 is 11.0 Å². The number of carbonyl (C=O) groups excluding carboxylic acids is 1. The van der Waals surface area contributed by atoms with Crippen molar-refractivity contribution in [3.8, 4) is 0 Å². The number of aliphatic imine (C=N–C) groups is 1. The highest BCUT2D eigenvalue weighted by Crippen LogP contribution is 2.40. The van der Waals surface area contributed by atoms with Crippen molar-refractivity contribution in [3.05, 3.63) is 98.4 Å². The van der Waals surface area contributed by atoms with Gasteiger partial charge in [-0.3, -0.25) is 14.4 Å². The summed E-state index contributed by atoms with van der Waals surface area (Å²) in [5.74, 6) is 0.539. The van der Waals surface area contributed by atoms with Crippen LogP contribution in [0.2, 0.25) is 5.02 Å². The molecule has 6 nitrogen and oxygen atoms in total. The molecule has 34 heavy (non-hydrogen) atoms. The molecule has 0 saturated heterocycles. The zero-order valence-electron chi connectivity index (χ0n) is 18.6. The maximum absolute atomic E-state index is 13.2. The zero-order chi connectivity index (χ0) is 23.4. The molecule has 1 fully saturated rings. The van der Waals surface area contributed by atoms with E-state index in [1.807, 2.05) is 24.3 Å². The minimum atomic E-state index is -0.599. The average molecular weight is 471 g/mol. The molecule has 1 atom stereocenters. The number of imidazole rings is 1. The average Bonchev–Trinajstić information content (AvgIpc) is 3.65. The summed E-state index contributed by atoms with van der Waals surface area (Å²) in [6.07, 6.45) is 3.01. The number of amides is 1. The number of benzodiazepines with no additional fused rings is 1. The van der Waals surface area contributed by atoms with E-state index in [0.29, 0.717) is 34.3 Å². The summed E-state index contributed by atoms with van der Waals surface area (Å²) in [4.78, 5) is 33.1. The van der Waals surface area contributed by atoms with E-state index in [0.717, 1.165) is 22.2 Å². The van der Waals surface area contributed by atoms with Gasteiger partial charge in [-0.05, 0) is 60.2 Å². The molecule has 2 aliphatic rings. The first kappa shape index (κ1) is 20.9. The minimum absolute atomic E-state index is 0.154. The minimum Gasteiger partial charge on any atom is -0.324 e. The summed E-state index contributed by atoms with van der Waals surface area (Å²) in [5.41, 5.74) is 6.67. The first-order chi connectivity index (χ1) is 16.5. The Bertz CT molecular complexity index is 1530. The smallest absolute Gasteiger partial charge is 0.324 e. The number of aromatic amines is 1. The molecule has 1 aliphatic carbocycles. The van der Waals surface area contributed by atoms with E-state index in [-0.39, 0.29) is 11.6 Å². The van der Waals surface area contributed by atoms with E-state index in [2.05, 4.69) is 34.6 Å². The van der Waals surface area contributed by atoms with Crippen LogP contribution >= 0.6 is 11.6 Å². The quantitative estimate of drug-likeness (QED) is 0.449. The fourth-order valence-corrected chi connectivity index (χ4v) is 4.81.